The van der Waals surface area contributed by atoms with Gasteiger partial charge in [0, 0.05) is 12.6 Å². The van der Waals surface area contributed by atoms with Gasteiger partial charge in [0.05, 0.1) is 19.8 Å². The van der Waals surface area contributed by atoms with E-state index in [0.29, 0.717) is 16.9 Å². The predicted octanol–water partition coefficient (Wildman–Crippen LogP) is 4.17. The Bertz CT molecular complexity index is 908. The standard InChI is InChI=1S/C23H23NO3/c1-24(16-22(25)19-11-7-13-21(15-19)27-2)23(26)20-12-6-10-18(14-20)17-8-4-3-5-9-17/h3-15,22,25H,16H2,1-2H3. The molecule has 138 valence electrons. The van der Waals surface area contributed by atoms with Gasteiger partial charge in [-0.05, 0) is 41.0 Å². The summed E-state index contributed by atoms with van der Waals surface area (Å²) in [6.45, 7) is 0.196. The van der Waals surface area contributed by atoms with Crippen LogP contribution >= 0.6 is 0 Å². The molecule has 1 amide bonds. The van der Waals surface area contributed by atoms with Crippen LogP contribution in [-0.4, -0.2) is 36.6 Å². The van der Waals surface area contributed by atoms with Crippen molar-refractivity contribution >= 4 is 5.91 Å². The highest BCUT2D eigenvalue weighted by Crippen LogP contribution is 2.22. The molecule has 0 aliphatic heterocycles. The lowest BCUT2D eigenvalue weighted by molar-refractivity contribution is 0.0681. The fraction of sp³-hybridized carbons (Fsp3) is 0.174. The van der Waals surface area contributed by atoms with Gasteiger partial charge in [0.1, 0.15) is 5.75 Å². The molecule has 0 bridgehead atoms. The van der Waals surface area contributed by atoms with Crippen molar-refractivity contribution in [3.05, 3.63) is 90.0 Å². The average molecular weight is 361 g/mol. The number of carbonyl (C=O) groups excluding carboxylic acids is 1. The third-order valence-electron chi connectivity index (χ3n) is 4.49. The van der Waals surface area contributed by atoms with Crippen LogP contribution in [-0.2, 0) is 0 Å². The van der Waals surface area contributed by atoms with Crippen LogP contribution in [0.15, 0.2) is 78.9 Å². The smallest absolute Gasteiger partial charge is 0.253 e. The molecule has 0 radical (unpaired) electrons. The Hall–Kier alpha value is -3.11. The number of amides is 1. The quantitative estimate of drug-likeness (QED) is 0.717. The number of rotatable bonds is 6. The van der Waals surface area contributed by atoms with Gasteiger partial charge in [-0.1, -0.05) is 54.6 Å². The Kier molecular flexibility index (Phi) is 5.89. The van der Waals surface area contributed by atoms with Crippen molar-refractivity contribution in [2.75, 3.05) is 20.7 Å². The largest absolute Gasteiger partial charge is 0.497 e. The molecule has 0 saturated carbocycles. The summed E-state index contributed by atoms with van der Waals surface area (Å²) in [5.74, 6) is 0.547. The molecular formula is C23H23NO3. The van der Waals surface area contributed by atoms with E-state index in [0.717, 1.165) is 11.1 Å². The molecule has 3 aromatic carbocycles. The molecular weight excluding hydrogens is 338 g/mol. The number of benzene rings is 3. The van der Waals surface area contributed by atoms with E-state index in [9.17, 15) is 9.90 Å². The number of hydrogen-bond acceptors (Lipinski definition) is 3. The number of carbonyl (C=O) groups is 1. The van der Waals surface area contributed by atoms with Crippen molar-refractivity contribution in [2.45, 2.75) is 6.10 Å². The third-order valence-corrected chi connectivity index (χ3v) is 4.49. The molecule has 0 aliphatic carbocycles. The zero-order valence-electron chi connectivity index (χ0n) is 15.5. The molecule has 4 nitrogen and oxygen atoms in total. The summed E-state index contributed by atoms with van der Waals surface area (Å²) in [6.07, 6.45) is -0.786. The third kappa shape index (κ3) is 4.54. The molecule has 3 rings (SSSR count). The van der Waals surface area contributed by atoms with Crippen molar-refractivity contribution in [3.8, 4) is 16.9 Å². The van der Waals surface area contributed by atoms with E-state index >= 15 is 0 Å². The maximum absolute atomic E-state index is 12.8. The molecule has 0 aromatic heterocycles. The fourth-order valence-electron chi connectivity index (χ4n) is 2.98. The van der Waals surface area contributed by atoms with E-state index < -0.39 is 6.10 Å². The first-order valence-corrected chi connectivity index (χ1v) is 8.81. The van der Waals surface area contributed by atoms with Gasteiger partial charge in [-0.3, -0.25) is 4.79 Å². The molecule has 0 aliphatic rings. The minimum atomic E-state index is -0.786. The molecule has 0 saturated heterocycles. The monoisotopic (exact) mass is 361 g/mol. The van der Waals surface area contributed by atoms with Gasteiger partial charge in [0.2, 0.25) is 0 Å². The van der Waals surface area contributed by atoms with Crippen LogP contribution < -0.4 is 4.74 Å². The molecule has 1 unspecified atom stereocenters. The number of aliphatic hydroxyl groups excluding tert-OH is 1. The van der Waals surface area contributed by atoms with Gasteiger partial charge in [-0.15, -0.1) is 0 Å². The van der Waals surface area contributed by atoms with Crippen molar-refractivity contribution < 1.29 is 14.6 Å². The van der Waals surface area contributed by atoms with Crippen LogP contribution in [0, 0.1) is 0 Å². The van der Waals surface area contributed by atoms with Gasteiger partial charge < -0.3 is 14.7 Å². The lowest BCUT2D eigenvalue weighted by Crippen LogP contribution is -2.31. The number of hydrogen-bond donors (Lipinski definition) is 1. The summed E-state index contributed by atoms with van der Waals surface area (Å²) >= 11 is 0. The molecule has 4 heteroatoms. The lowest BCUT2D eigenvalue weighted by atomic mass is 10.0. The molecule has 27 heavy (non-hydrogen) atoms. The summed E-state index contributed by atoms with van der Waals surface area (Å²) in [5, 5.41) is 10.5. The number of aliphatic hydroxyl groups is 1. The van der Waals surface area contributed by atoms with Gasteiger partial charge in [0.15, 0.2) is 0 Å². The number of ether oxygens (including phenoxy) is 1. The SMILES string of the molecule is COc1cccc(C(O)CN(C)C(=O)c2cccc(-c3ccccc3)c2)c1. The summed E-state index contributed by atoms with van der Waals surface area (Å²) < 4.78 is 5.19. The summed E-state index contributed by atoms with van der Waals surface area (Å²) in [4.78, 5) is 14.3. The van der Waals surface area contributed by atoms with E-state index in [2.05, 4.69) is 0 Å². The van der Waals surface area contributed by atoms with Gasteiger partial charge in [-0.25, -0.2) is 0 Å². The molecule has 0 spiro atoms. The molecule has 3 aromatic rings. The van der Waals surface area contributed by atoms with Crippen molar-refractivity contribution in [1.29, 1.82) is 0 Å². The van der Waals surface area contributed by atoms with Gasteiger partial charge >= 0.3 is 0 Å². The van der Waals surface area contributed by atoms with E-state index in [4.69, 9.17) is 4.74 Å². The number of likely N-dealkylation sites (N-methyl/N-ethyl adjacent to an activating group) is 1. The maximum atomic E-state index is 12.8. The highest BCUT2D eigenvalue weighted by molar-refractivity contribution is 5.95. The Morgan fingerprint density at radius 1 is 0.963 bits per heavy atom. The van der Waals surface area contributed by atoms with Crippen molar-refractivity contribution in [1.82, 2.24) is 4.90 Å². The second-order valence-electron chi connectivity index (χ2n) is 6.42. The molecule has 0 heterocycles. The number of methoxy groups -OCH3 is 1. The van der Waals surface area contributed by atoms with Gasteiger partial charge in [0.25, 0.3) is 5.91 Å². The Balaban J connectivity index is 1.73. The zero-order chi connectivity index (χ0) is 19.2. The number of nitrogens with zero attached hydrogens (tertiary/aromatic N) is 1. The summed E-state index contributed by atoms with van der Waals surface area (Å²) in [7, 11) is 3.28. The van der Waals surface area contributed by atoms with E-state index in [1.807, 2.05) is 66.7 Å². The Morgan fingerprint density at radius 2 is 1.67 bits per heavy atom. The van der Waals surface area contributed by atoms with E-state index in [1.54, 1.807) is 26.3 Å². The summed E-state index contributed by atoms with van der Waals surface area (Å²) in [5.41, 5.74) is 3.36. The topological polar surface area (TPSA) is 49.8 Å². The normalized spacial score (nSPS) is 11.7. The molecule has 0 fully saturated rings. The van der Waals surface area contributed by atoms with Crippen molar-refractivity contribution in [2.24, 2.45) is 0 Å². The van der Waals surface area contributed by atoms with E-state index in [1.165, 1.54) is 4.90 Å². The minimum absolute atomic E-state index is 0.130. The molecule has 1 atom stereocenters. The predicted molar refractivity (Wildman–Crippen MR) is 107 cm³/mol. The van der Waals surface area contributed by atoms with Crippen LogP contribution in [0.1, 0.15) is 22.0 Å². The van der Waals surface area contributed by atoms with Gasteiger partial charge in [-0.2, -0.15) is 0 Å². The first kappa shape index (κ1) is 18.7. The van der Waals surface area contributed by atoms with Crippen molar-refractivity contribution in [3.63, 3.8) is 0 Å². The zero-order valence-corrected chi connectivity index (χ0v) is 15.5. The maximum Gasteiger partial charge on any atom is 0.253 e. The highest BCUT2D eigenvalue weighted by atomic mass is 16.5. The second-order valence-corrected chi connectivity index (χ2v) is 6.42. The fourth-order valence-corrected chi connectivity index (χ4v) is 2.98. The van der Waals surface area contributed by atoms with Crippen LogP contribution in [0.4, 0.5) is 0 Å². The Morgan fingerprint density at radius 3 is 2.41 bits per heavy atom. The van der Waals surface area contributed by atoms with Crippen LogP contribution in [0.3, 0.4) is 0 Å². The first-order valence-electron chi connectivity index (χ1n) is 8.81. The van der Waals surface area contributed by atoms with Crippen LogP contribution in [0.2, 0.25) is 0 Å². The highest BCUT2D eigenvalue weighted by Gasteiger charge is 2.17. The first-order chi connectivity index (χ1) is 13.1. The average Bonchev–Trinajstić information content (AvgIpc) is 2.73. The summed E-state index contributed by atoms with van der Waals surface area (Å²) in [6, 6.07) is 24.7. The minimum Gasteiger partial charge on any atom is -0.497 e. The second kappa shape index (κ2) is 8.52. The molecule has 1 N–H and O–H groups in total. The van der Waals surface area contributed by atoms with E-state index in [-0.39, 0.29) is 12.5 Å². The van der Waals surface area contributed by atoms with Crippen LogP contribution in [0.25, 0.3) is 11.1 Å². The Labute approximate surface area is 159 Å². The lowest BCUT2D eigenvalue weighted by Gasteiger charge is -2.22. The van der Waals surface area contributed by atoms with Crippen LogP contribution in [0.5, 0.6) is 5.75 Å².